The predicted molar refractivity (Wildman–Crippen MR) is 88.2 cm³/mol. The number of hydrogen-bond donors (Lipinski definition) is 0. The third-order valence-electron chi connectivity index (χ3n) is 3.61. The molecule has 2 heterocycles. The van der Waals surface area contributed by atoms with Crippen molar-refractivity contribution in [2.75, 3.05) is 13.7 Å². The Labute approximate surface area is 134 Å². The van der Waals surface area contributed by atoms with Crippen molar-refractivity contribution >= 4 is 16.9 Å². The van der Waals surface area contributed by atoms with Crippen LogP contribution < -0.4 is 4.74 Å². The van der Waals surface area contributed by atoms with E-state index in [1.54, 1.807) is 25.7 Å². The van der Waals surface area contributed by atoms with Crippen LogP contribution in [0.4, 0.5) is 0 Å². The average Bonchev–Trinajstić information content (AvgIpc) is 2.99. The van der Waals surface area contributed by atoms with Crippen molar-refractivity contribution < 1.29 is 14.3 Å². The summed E-state index contributed by atoms with van der Waals surface area (Å²) in [5.41, 5.74) is 2.38. The molecule has 0 spiro atoms. The summed E-state index contributed by atoms with van der Waals surface area (Å²) < 4.78 is 12.4. The molecule has 3 rings (SSSR count). The number of carbonyl (C=O) groups is 1. The number of fused-ring (bicyclic) bond motifs is 1. The van der Waals surface area contributed by atoms with Crippen LogP contribution in [0.15, 0.2) is 48.9 Å². The van der Waals surface area contributed by atoms with Gasteiger partial charge in [0.25, 0.3) is 0 Å². The van der Waals surface area contributed by atoms with Gasteiger partial charge in [-0.2, -0.15) is 0 Å². The molecule has 0 fully saturated rings. The van der Waals surface area contributed by atoms with Crippen LogP contribution in [0.1, 0.15) is 23.7 Å². The number of rotatable bonds is 5. The summed E-state index contributed by atoms with van der Waals surface area (Å²) in [7, 11) is 1.63. The van der Waals surface area contributed by atoms with Gasteiger partial charge in [-0.3, -0.25) is 4.98 Å². The second-order valence-electron chi connectivity index (χ2n) is 5.14. The van der Waals surface area contributed by atoms with Gasteiger partial charge in [0.15, 0.2) is 0 Å². The van der Waals surface area contributed by atoms with Crippen LogP contribution in [0.5, 0.6) is 5.75 Å². The third-order valence-corrected chi connectivity index (χ3v) is 3.61. The second-order valence-corrected chi connectivity index (χ2v) is 5.14. The first kappa shape index (κ1) is 15.1. The second kappa shape index (κ2) is 6.52. The fourth-order valence-corrected chi connectivity index (χ4v) is 2.46. The minimum absolute atomic E-state index is 0.322. The van der Waals surface area contributed by atoms with E-state index in [4.69, 9.17) is 9.47 Å². The number of ether oxygens (including phenoxy) is 2. The van der Waals surface area contributed by atoms with E-state index in [0.29, 0.717) is 12.2 Å². The molecule has 0 atom stereocenters. The van der Waals surface area contributed by atoms with Gasteiger partial charge in [0, 0.05) is 29.7 Å². The van der Waals surface area contributed by atoms with Gasteiger partial charge in [-0.15, -0.1) is 0 Å². The molecular weight excluding hydrogens is 292 g/mol. The standard InChI is InChI=1S/C18H18N2O3/c1-3-10-23-18(21)16-12-20(17-8-9-19-11-15(16)17)13-4-6-14(22-2)7-5-13/h4-9,11-12H,3,10H2,1-2H3. The van der Waals surface area contributed by atoms with Gasteiger partial charge in [0.2, 0.25) is 0 Å². The number of carbonyl (C=O) groups excluding carboxylic acids is 1. The first-order chi connectivity index (χ1) is 11.2. The van der Waals surface area contributed by atoms with Crippen molar-refractivity contribution in [2.45, 2.75) is 13.3 Å². The highest BCUT2D eigenvalue weighted by molar-refractivity contribution is 6.04. The van der Waals surface area contributed by atoms with E-state index in [2.05, 4.69) is 4.98 Å². The molecule has 0 bridgehead atoms. The number of hydrogen-bond acceptors (Lipinski definition) is 4. The summed E-state index contributed by atoms with van der Waals surface area (Å²) in [4.78, 5) is 16.4. The van der Waals surface area contributed by atoms with E-state index >= 15 is 0 Å². The lowest BCUT2D eigenvalue weighted by atomic mass is 10.2. The van der Waals surface area contributed by atoms with Crippen molar-refractivity contribution in [3.63, 3.8) is 0 Å². The minimum atomic E-state index is -0.322. The Morgan fingerprint density at radius 3 is 2.70 bits per heavy atom. The quantitative estimate of drug-likeness (QED) is 0.676. The molecule has 23 heavy (non-hydrogen) atoms. The van der Waals surface area contributed by atoms with Crippen molar-refractivity contribution in [1.29, 1.82) is 0 Å². The zero-order chi connectivity index (χ0) is 16.2. The van der Waals surface area contributed by atoms with E-state index in [9.17, 15) is 4.79 Å². The highest BCUT2D eigenvalue weighted by Gasteiger charge is 2.17. The lowest BCUT2D eigenvalue weighted by molar-refractivity contribution is 0.0507. The Bertz CT molecular complexity index is 822. The lowest BCUT2D eigenvalue weighted by Gasteiger charge is -2.06. The van der Waals surface area contributed by atoms with Gasteiger partial charge in [0.1, 0.15) is 5.75 Å². The van der Waals surface area contributed by atoms with Gasteiger partial charge < -0.3 is 14.0 Å². The maximum atomic E-state index is 12.3. The number of aromatic nitrogens is 2. The number of methoxy groups -OCH3 is 1. The molecule has 1 aromatic carbocycles. The summed E-state index contributed by atoms with van der Waals surface area (Å²) in [6.07, 6.45) is 5.99. The molecule has 0 amide bonds. The first-order valence-corrected chi connectivity index (χ1v) is 7.51. The van der Waals surface area contributed by atoms with E-state index in [1.165, 1.54) is 0 Å². The normalized spacial score (nSPS) is 10.7. The van der Waals surface area contributed by atoms with E-state index in [0.717, 1.165) is 28.8 Å². The largest absolute Gasteiger partial charge is 0.497 e. The number of pyridine rings is 1. The van der Waals surface area contributed by atoms with E-state index < -0.39 is 0 Å². The summed E-state index contributed by atoms with van der Waals surface area (Å²) in [5.74, 6) is 0.464. The van der Waals surface area contributed by atoms with Crippen LogP contribution in [0, 0.1) is 0 Å². The van der Waals surface area contributed by atoms with Crippen LogP contribution in [0.25, 0.3) is 16.6 Å². The van der Waals surface area contributed by atoms with Crippen molar-refractivity contribution in [3.8, 4) is 11.4 Å². The van der Waals surface area contributed by atoms with Gasteiger partial charge >= 0.3 is 5.97 Å². The molecule has 0 unspecified atom stereocenters. The zero-order valence-corrected chi connectivity index (χ0v) is 13.2. The average molecular weight is 310 g/mol. The Hall–Kier alpha value is -2.82. The molecule has 0 aliphatic heterocycles. The maximum absolute atomic E-state index is 12.3. The Kier molecular flexibility index (Phi) is 4.28. The molecule has 0 saturated heterocycles. The van der Waals surface area contributed by atoms with Gasteiger partial charge in [0.05, 0.1) is 24.8 Å². The summed E-state index contributed by atoms with van der Waals surface area (Å²) in [6, 6.07) is 9.55. The van der Waals surface area contributed by atoms with Crippen molar-refractivity contribution in [2.24, 2.45) is 0 Å². The summed E-state index contributed by atoms with van der Waals surface area (Å²) in [5, 5.41) is 0.782. The number of benzene rings is 1. The molecule has 0 N–H and O–H groups in total. The van der Waals surface area contributed by atoms with E-state index in [1.807, 2.05) is 41.8 Å². The van der Waals surface area contributed by atoms with E-state index in [-0.39, 0.29) is 5.97 Å². The fourth-order valence-electron chi connectivity index (χ4n) is 2.46. The molecule has 0 saturated carbocycles. The Morgan fingerprint density at radius 1 is 1.22 bits per heavy atom. The summed E-state index contributed by atoms with van der Waals surface area (Å²) in [6.45, 7) is 2.38. The highest BCUT2D eigenvalue weighted by Crippen LogP contribution is 2.26. The smallest absolute Gasteiger partial charge is 0.340 e. The molecule has 5 nitrogen and oxygen atoms in total. The molecule has 5 heteroatoms. The predicted octanol–water partition coefficient (Wildman–Crippen LogP) is 3.60. The van der Waals surface area contributed by atoms with Crippen LogP contribution >= 0.6 is 0 Å². The highest BCUT2D eigenvalue weighted by atomic mass is 16.5. The van der Waals surface area contributed by atoms with Crippen LogP contribution in [-0.2, 0) is 4.74 Å². The lowest BCUT2D eigenvalue weighted by Crippen LogP contribution is -2.05. The number of esters is 1. The van der Waals surface area contributed by atoms with Gasteiger partial charge in [-0.25, -0.2) is 4.79 Å². The Morgan fingerprint density at radius 2 is 2.00 bits per heavy atom. The van der Waals surface area contributed by atoms with Crippen molar-refractivity contribution in [3.05, 3.63) is 54.5 Å². The molecule has 3 aromatic rings. The fraction of sp³-hybridized carbons (Fsp3) is 0.222. The van der Waals surface area contributed by atoms with Gasteiger partial charge in [-0.05, 0) is 36.8 Å². The maximum Gasteiger partial charge on any atom is 0.340 e. The molecule has 0 aliphatic rings. The molecule has 0 aliphatic carbocycles. The third kappa shape index (κ3) is 2.90. The monoisotopic (exact) mass is 310 g/mol. The molecule has 0 radical (unpaired) electrons. The Balaban J connectivity index is 2.08. The molecular formula is C18H18N2O3. The first-order valence-electron chi connectivity index (χ1n) is 7.51. The van der Waals surface area contributed by atoms with Crippen LogP contribution in [0.2, 0.25) is 0 Å². The summed E-state index contributed by atoms with van der Waals surface area (Å²) >= 11 is 0. The van der Waals surface area contributed by atoms with Crippen LogP contribution in [0.3, 0.4) is 0 Å². The topological polar surface area (TPSA) is 53.4 Å². The van der Waals surface area contributed by atoms with Crippen LogP contribution in [-0.4, -0.2) is 29.2 Å². The minimum Gasteiger partial charge on any atom is -0.497 e. The molecule has 118 valence electrons. The van der Waals surface area contributed by atoms with Crippen molar-refractivity contribution in [1.82, 2.24) is 9.55 Å². The zero-order valence-electron chi connectivity index (χ0n) is 13.2. The SMILES string of the molecule is CCCOC(=O)c1cn(-c2ccc(OC)cc2)c2ccncc12. The number of nitrogens with zero attached hydrogens (tertiary/aromatic N) is 2. The van der Waals surface area contributed by atoms with Gasteiger partial charge in [-0.1, -0.05) is 6.92 Å². The molecule has 2 aromatic heterocycles.